The molecule has 3 rings (SSSR count). The first-order chi connectivity index (χ1) is 15.3. The Morgan fingerprint density at radius 3 is 2.44 bits per heavy atom. The summed E-state index contributed by atoms with van der Waals surface area (Å²) in [5.41, 5.74) is 3.67. The number of nitrogens with zero attached hydrogens (tertiary/aromatic N) is 3. The van der Waals surface area contributed by atoms with Crippen molar-refractivity contribution in [3.63, 3.8) is 0 Å². The highest BCUT2D eigenvalue weighted by Gasteiger charge is 2.35. The van der Waals surface area contributed by atoms with Gasteiger partial charge in [0.25, 0.3) is 0 Å². The van der Waals surface area contributed by atoms with E-state index in [-0.39, 0.29) is 30.3 Å². The van der Waals surface area contributed by atoms with Gasteiger partial charge >= 0.3 is 0 Å². The van der Waals surface area contributed by atoms with E-state index >= 15 is 0 Å². The fourth-order valence-corrected chi connectivity index (χ4v) is 4.12. The van der Waals surface area contributed by atoms with Crippen molar-refractivity contribution in [1.82, 2.24) is 14.4 Å². The lowest BCUT2D eigenvalue weighted by Gasteiger charge is -2.32. The molecular formula is C27H39N3O2. The van der Waals surface area contributed by atoms with Crippen molar-refractivity contribution in [2.75, 3.05) is 13.1 Å². The number of amides is 2. The van der Waals surface area contributed by atoms with Gasteiger partial charge in [-0.3, -0.25) is 9.59 Å². The number of hydrogen-bond acceptors (Lipinski definition) is 2. The van der Waals surface area contributed by atoms with E-state index in [1.807, 2.05) is 4.90 Å². The van der Waals surface area contributed by atoms with Gasteiger partial charge in [0.05, 0.1) is 13.1 Å². The quantitative estimate of drug-likeness (QED) is 0.504. The molecule has 32 heavy (non-hydrogen) atoms. The van der Waals surface area contributed by atoms with Gasteiger partial charge in [0.1, 0.15) is 0 Å². The van der Waals surface area contributed by atoms with Gasteiger partial charge in [-0.25, -0.2) is 0 Å². The molecule has 1 aromatic heterocycles. The Bertz CT molecular complexity index is 913. The van der Waals surface area contributed by atoms with E-state index in [4.69, 9.17) is 0 Å². The Morgan fingerprint density at radius 1 is 1.09 bits per heavy atom. The molecule has 0 spiro atoms. The predicted octanol–water partition coefficient (Wildman–Crippen LogP) is 4.87. The molecular weight excluding hydrogens is 398 g/mol. The molecule has 5 heteroatoms. The van der Waals surface area contributed by atoms with Crippen LogP contribution in [-0.4, -0.2) is 45.3 Å². The molecule has 1 fully saturated rings. The average Bonchev–Trinajstić information content (AvgIpc) is 3.52. The van der Waals surface area contributed by atoms with Gasteiger partial charge in [-0.15, -0.1) is 0 Å². The maximum absolute atomic E-state index is 13.5. The maximum atomic E-state index is 13.5. The van der Waals surface area contributed by atoms with Crippen molar-refractivity contribution < 1.29 is 9.59 Å². The summed E-state index contributed by atoms with van der Waals surface area (Å²) in [5.74, 6) is 0.663. The summed E-state index contributed by atoms with van der Waals surface area (Å²) in [6.07, 6.45) is 4.89. The maximum Gasteiger partial charge on any atom is 0.242 e. The van der Waals surface area contributed by atoms with Crippen LogP contribution < -0.4 is 0 Å². The van der Waals surface area contributed by atoms with Crippen LogP contribution in [0.5, 0.6) is 0 Å². The topological polar surface area (TPSA) is 45.6 Å². The summed E-state index contributed by atoms with van der Waals surface area (Å²) in [5, 5.41) is 0. The molecule has 2 aromatic rings. The molecule has 0 bridgehead atoms. The first-order valence-electron chi connectivity index (χ1n) is 12.1. The van der Waals surface area contributed by atoms with E-state index in [9.17, 15) is 9.59 Å². The normalized spacial score (nSPS) is 14.4. The molecule has 174 valence electrons. The number of carbonyl (C=O) groups is 2. The lowest BCUT2D eigenvalue weighted by molar-refractivity contribution is -0.143. The van der Waals surface area contributed by atoms with Gasteiger partial charge in [0.2, 0.25) is 11.8 Å². The molecule has 1 aliphatic carbocycles. The summed E-state index contributed by atoms with van der Waals surface area (Å²) >= 11 is 0. The molecule has 1 heterocycles. The van der Waals surface area contributed by atoms with Crippen molar-refractivity contribution in [3.8, 4) is 0 Å². The standard InChI is InChI=1S/C27H39N3O2/c1-6-22(5)30(26(31)19-29(16-20(2)3)27(32)23-13-14-23)18-25-12-9-15-28(25)17-24-11-8-7-10-21(24)4/h7-12,15,20,22-23H,6,13-14,16-19H2,1-5H3/t22-/m1/s1. The fourth-order valence-electron chi connectivity index (χ4n) is 4.12. The second kappa shape index (κ2) is 10.8. The molecule has 0 radical (unpaired) electrons. The Morgan fingerprint density at radius 2 is 1.81 bits per heavy atom. The van der Waals surface area contributed by atoms with Crippen LogP contribution in [0.4, 0.5) is 0 Å². The van der Waals surface area contributed by atoms with Gasteiger partial charge in [0, 0.05) is 36.9 Å². The minimum Gasteiger partial charge on any atom is -0.345 e. The monoisotopic (exact) mass is 437 g/mol. The third-order valence-corrected chi connectivity index (χ3v) is 6.45. The van der Waals surface area contributed by atoms with Crippen LogP contribution in [0.25, 0.3) is 0 Å². The molecule has 0 N–H and O–H groups in total. The minimum atomic E-state index is 0.0395. The van der Waals surface area contributed by atoms with Crippen molar-refractivity contribution in [2.24, 2.45) is 11.8 Å². The molecule has 0 saturated heterocycles. The van der Waals surface area contributed by atoms with E-state index in [2.05, 4.69) is 81.8 Å². The molecule has 1 aromatic carbocycles. The highest BCUT2D eigenvalue weighted by atomic mass is 16.2. The number of hydrogen-bond donors (Lipinski definition) is 0. The molecule has 1 saturated carbocycles. The van der Waals surface area contributed by atoms with E-state index in [1.54, 1.807) is 4.90 Å². The molecule has 5 nitrogen and oxygen atoms in total. The van der Waals surface area contributed by atoms with Gasteiger partial charge < -0.3 is 14.4 Å². The lowest BCUT2D eigenvalue weighted by Crippen LogP contribution is -2.47. The van der Waals surface area contributed by atoms with Crippen molar-refractivity contribution in [1.29, 1.82) is 0 Å². The number of aryl methyl sites for hydroxylation is 1. The van der Waals surface area contributed by atoms with E-state index in [0.717, 1.165) is 31.5 Å². The zero-order chi connectivity index (χ0) is 23.3. The molecule has 0 unspecified atom stereocenters. The average molecular weight is 438 g/mol. The summed E-state index contributed by atoms with van der Waals surface area (Å²) in [6, 6.07) is 12.7. The van der Waals surface area contributed by atoms with Crippen molar-refractivity contribution in [2.45, 2.75) is 73.0 Å². The first kappa shape index (κ1) is 24.1. The van der Waals surface area contributed by atoms with Crippen LogP contribution in [0.15, 0.2) is 42.6 Å². The van der Waals surface area contributed by atoms with Gasteiger partial charge in [0.15, 0.2) is 0 Å². The summed E-state index contributed by atoms with van der Waals surface area (Å²) < 4.78 is 2.23. The van der Waals surface area contributed by atoms with Crippen LogP contribution in [0, 0.1) is 18.8 Å². The predicted molar refractivity (Wildman–Crippen MR) is 129 cm³/mol. The zero-order valence-electron chi connectivity index (χ0n) is 20.4. The Labute approximate surface area is 193 Å². The summed E-state index contributed by atoms with van der Waals surface area (Å²) in [4.78, 5) is 30.0. The largest absolute Gasteiger partial charge is 0.345 e. The van der Waals surface area contributed by atoms with Crippen LogP contribution in [0.2, 0.25) is 0 Å². The van der Waals surface area contributed by atoms with Crippen LogP contribution in [0.3, 0.4) is 0 Å². The van der Waals surface area contributed by atoms with Crippen LogP contribution in [0.1, 0.15) is 63.8 Å². The highest BCUT2D eigenvalue weighted by molar-refractivity contribution is 5.87. The number of benzene rings is 1. The van der Waals surface area contributed by atoms with Gasteiger partial charge in [-0.05, 0) is 62.3 Å². The molecule has 1 aliphatic rings. The SMILES string of the molecule is CC[C@@H](C)N(Cc1cccn1Cc1ccccc1C)C(=O)CN(CC(C)C)C(=O)C1CC1. The van der Waals surface area contributed by atoms with Crippen LogP contribution >= 0.6 is 0 Å². The lowest BCUT2D eigenvalue weighted by atomic mass is 10.1. The van der Waals surface area contributed by atoms with Crippen molar-refractivity contribution >= 4 is 11.8 Å². The van der Waals surface area contributed by atoms with E-state index in [1.165, 1.54) is 11.1 Å². The van der Waals surface area contributed by atoms with Gasteiger partial charge in [-0.1, -0.05) is 45.0 Å². The third-order valence-electron chi connectivity index (χ3n) is 6.45. The number of rotatable bonds is 11. The third kappa shape index (κ3) is 6.24. The number of aromatic nitrogens is 1. The molecule has 2 amide bonds. The molecule has 1 atom stereocenters. The van der Waals surface area contributed by atoms with Gasteiger partial charge in [-0.2, -0.15) is 0 Å². The Hall–Kier alpha value is -2.56. The second-order valence-electron chi connectivity index (χ2n) is 9.72. The van der Waals surface area contributed by atoms with E-state index < -0.39 is 0 Å². The van der Waals surface area contributed by atoms with E-state index in [0.29, 0.717) is 19.0 Å². The minimum absolute atomic E-state index is 0.0395. The second-order valence-corrected chi connectivity index (χ2v) is 9.72. The Balaban J connectivity index is 1.75. The number of carbonyl (C=O) groups excluding carboxylic acids is 2. The smallest absolute Gasteiger partial charge is 0.242 e. The fraction of sp³-hybridized carbons (Fsp3) is 0.556. The molecule has 0 aliphatic heterocycles. The van der Waals surface area contributed by atoms with Crippen LogP contribution in [-0.2, 0) is 22.7 Å². The zero-order valence-corrected chi connectivity index (χ0v) is 20.4. The van der Waals surface area contributed by atoms with Crippen molar-refractivity contribution in [3.05, 3.63) is 59.4 Å². The summed E-state index contributed by atoms with van der Waals surface area (Å²) in [6.45, 7) is 12.7. The Kier molecular flexibility index (Phi) is 8.16. The first-order valence-corrected chi connectivity index (χ1v) is 12.1. The highest BCUT2D eigenvalue weighted by Crippen LogP contribution is 2.31. The summed E-state index contributed by atoms with van der Waals surface area (Å²) in [7, 11) is 0.